The van der Waals surface area contributed by atoms with Crippen molar-refractivity contribution in [2.75, 3.05) is 0 Å². The Kier molecular flexibility index (Phi) is 8.94. The SMILES string of the molecule is CCCCCCCCCC(NN)c1sccc1Br. The van der Waals surface area contributed by atoms with E-state index >= 15 is 0 Å². The molecule has 104 valence electrons. The van der Waals surface area contributed by atoms with Crippen molar-refractivity contribution in [1.82, 2.24) is 5.43 Å². The van der Waals surface area contributed by atoms with Crippen LogP contribution in [-0.4, -0.2) is 0 Å². The maximum atomic E-state index is 5.65. The number of halogens is 1. The molecule has 0 amide bonds. The molecule has 0 aliphatic heterocycles. The van der Waals surface area contributed by atoms with Gasteiger partial charge >= 0.3 is 0 Å². The zero-order chi connectivity index (χ0) is 13.2. The first-order valence-electron chi connectivity index (χ1n) is 6.98. The van der Waals surface area contributed by atoms with Crippen LogP contribution in [0.1, 0.15) is 69.2 Å². The van der Waals surface area contributed by atoms with Crippen LogP contribution in [0.5, 0.6) is 0 Å². The maximum absolute atomic E-state index is 5.65. The van der Waals surface area contributed by atoms with Gasteiger partial charge in [0.25, 0.3) is 0 Å². The first-order chi connectivity index (χ1) is 8.79. The summed E-state index contributed by atoms with van der Waals surface area (Å²) in [5, 5.41) is 2.11. The summed E-state index contributed by atoms with van der Waals surface area (Å²) in [7, 11) is 0. The molecule has 0 aliphatic carbocycles. The third kappa shape index (κ3) is 5.83. The highest BCUT2D eigenvalue weighted by molar-refractivity contribution is 9.10. The molecule has 1 atom stereocenters. The van der Waals surface area contributed by atoms with Crippen molar-refractivity contribution >= 4 is 27.3 Å². The molecule has 0 bridgehead atoms. The van der Waals surface area contributed by atoms with Crippen molar-refractivity contribution in [2.45, 2.75) is 64.3 Å². The molecular weight excluding hydrogens is 308 g/mol. The van der Waals surface area contributed by atoms with Crippen molar-refractivity contribution < 1.29 is 0 Å². The smallest absolute Gasteiger partial charge is 0.0564 e. The minimum atomic E-state index is 0.301. The lowest BCUT2D eigenvalue weighted by molar-refractivity contribution is 0.480. The van der Waals surface area contributed by atoms with Gasteiger partial charge in [-0.05, 0) is 33.8 Å². The predicted molar refractivity (Wildman–Crippen MR) is 84.7 cm³/mol. The van der Waals surface area contributed by atoms with E-state index in [0.29, 0.717) is 6.04 Å². The van der Waals surface area contributed by atoms with Crippen molar-refractivity contribution in [3.8, 4) is 0 Å². The molecule has 0 saturated carbocycles. The molecule has 1 unspecified atom stereocenters. The molecule has 4 heteroatoms. The number of rotatable bonds is 10. The molecule has 1 aromatic heterocycles. The van der Waals surface area contributed by atoms with E-state index in [1.807, 2.05) is 0 Å². The van der Waals surface area contributed by atoms with Crippen molar-refractivity contribution in [3.63, 3.8) is 0 Å². The normalized spacial score (nSPS) is 12.8. The first-order valence-corrected chi connectivity index (χ1v) is 8.65. The van der Waals surface area contributed by atoms with Gasteiger partial charge in [0.1, 0.15) is 0 Å². The summed E-state index contributed by atoms with van der Waals surface area (Å²) in [5.74, 6) is 5.65. The van der Waals surface area contributed by atoms with Crippen LogP contribution in [-0.2, 0) is 0 Å². The Morgan fingerprint density at radius 1 is 1.22 bits per heavy atom. The highest BCUT2D eigenvalue weighted by Crippen LogP contribution is 2.31. The van der Waals surface area contributed by atoms with Gasteiger partial charge in [0.05, 0.1) is 6.04 Å². The molecule has 1 aromatic rings. The molecule has 18 heavy (non-hydrogen) atoms. The lowest BCUT2D eigenvalue weighted by atomic mass is 10.0. The summed E-state index contributed by atoms with van der Waals surface area (Å²) in [6.45, 7) is 2.26. The Morgan fingerprint density at radius 3 is 2.44 bits per heavy atom. The molecule has 0 fully saturated rings. The van der Waals surface area contributed by atoms with E-state index in [0.717, 1.165) is 6.42 Å². The molecule has 0 radical (unpaired) electrons. The zero-order valence-corrected chi connectivity index (χ0v) is 13.7. The van der Waals surface area contributed by atoms with Crippen LogP contribution in [0.3, 0.4) is 0 Å². The fourth-order valence-corrected chi connectivity index (χ4v) is 3.90. The number of hydrogen-bond acceptors (Lipinski definition) is 3. The summed E-state index contributed by atoms with van der Waals surface area (Å²) in [4.78, 5) is 1.32. The van der Waals surface area contributed by atoms with E-state index in [2.05, 4.69) is 39.7 Å². The summed E-state index contributed by atoms with van der Waals surface area (Å²) >= 11 is 5.34. The summed E-state index contributed by atoms with van der Waals surface area (Å²) in [6.07, 6.45) is 10.6. The van der Waals surface area contributed by atoms with Crippen LogP contribution in [0.25, 0.3) is 0 Å². The van der Waals surface area contributed by atoms with Crippen molar-refractivity contribution in [2.24, 2.45) is 5.84 Å². The number of hydrazine groups is 1. The van der Waals surface area contributed by atoms with Crippen LogP contribution in [0.15, 0.2) is 15.9 Å². The number of unbranched alkanes of at least 4 members (excludes halogenated alkanes) is 6. The molecule has 0 aliphatic rings. The predicted octanol–water partition coefficient (Wildman–Crippen LogP) is 5.16. The Morgan fingerprint density at radius 2 is 1.89 bits per heavy atom. The molecule has 0 aromatic carbocycles. The minimum Gasteiger partial charge on any atom is -0.271 e. The Labute approximate surface area is 123 Å². The molecule has 3 N–H and O–H groups in total. The number of hydrogen-bond donors (Lipinski definition) is 2. The molecule has 0 spiro atoms. The lowest BCUT2D eigenvalue weighted by Crippen LogP contribution is -2.27. The van der Waals surface area contributed by atoms with Crippen LogP contribution >= 0.6 is 27.3 Å². The Bertz CT molecular complexity index is 314. The van der Waals surface area contributed by atoms with Crippen LogP contribution < -0.4 is 11.3 Å². The second-order valence-corrected chi connectivity index (χ2v) is 6.56. The van der Waals surface area contributed by atoms with Gasteiger partial charge < -0.3 is 0 Å². The second kappa shape index (κ2) is 9.96. The third-order valence-electron chi connectivity index (χ3n) is 3.26. The van der Waals surface area contributed by atoms with Gasteiger partial charge in [0.2, 0.25) is 0 Å². The molecule has 2 nitrogen and oxygen atoms in total. The lowest BCUT2D eigenvalue weighted by Gasteiger charge is -2.14. The van der Waals surface area contributed by atoms with E-state index in [-0.39, 0.29) is 0 Å². The van der Waals surface area contributed by atoms with Crippen LogP contribution in [0.2, 0.25) is 0 Å². The highest BCUT2D eigenvalue weighted by atomic mass is 79.9. The van der Waals surface area contributed by atoms with Gasteiger partial charge in [-0.15, -0.1) is 11.3 Å². The number of nitrogens with one attached hydrogen (secondary N) is 1. The van der Waals surface area contributed by atoms with Gasteiger partial charge in [0.15, 0.2) is 0 Å². The second-order valence-electron chi connectivity index (χ2n) is 4.76. The van der Waals surface area contributed by atoms with Crippen LogP contribution in [0.4, 0.5) is 0 Å². The average molecular weight is 333 g/mol. The van der Waals surface area contributed by atoms with E-state index in [4.69, 9.17) is 5.84 Å². The number of thiophene rings is 1. The van der Waals surface area contributed by atoms with E-state index < -0.39 is 0 Å². The molecule has 1 heterocycles. The van der Waals surface area contributed by atoms with Gasteiger partial charge in [-0.3, -0.25) is 11.3 Å². The summed E-state index contributed by atoms with van der Waals surface area (Å²) < 4.78 is 1.18. The number of nitrogens with two attached hydrogens (primary N) is 1. The fraction of sp³-hybridized carbons (Fsp3) is 0.714. The molecular formula is C14H25BrN2S. The average Bonchev–Trinajstić information content (AvgIpc) is 2.79. The quantitative estimate of drug-likeness (QED) is 0.353. The minimum absolute atomic E-state index is 0.301. The Hall–Kier alpha value is 0.100. The van der Waals surface area contributed by atoms with E-state index in [1.165, 1.54) is 54.3 Å². The highest BCUT2D eigenvalue weighted by Gasteiger charge is 2.13. The third-order valence-corrected chi connectivity index (χ3v) is 5.24. The topological polar surface area (TPSA) is 38.0 Å². The zero-order valence-electron chi connectivity index (χ0n) is 11.3. The van der Waals surface area contributed by atoms with Gasteiger partial charge in [-0.2, -0.15) is 0 Å². The molecule has 0 saturated heterocycles. The van der Waals surface area contributed by atoms with Crippen LogP contribution in [0, 0.1) is 0 Å². The summed E-state index contributed by atoms with van der Waals surface area (Å²) in [5.41, 5.74) is 2.94. The monoisotopic (exact) mass is 332 g/mol. The van der Waals surface area contributed by atoms with Gasteiger partial charge in [0, 0.05) is 9.35 Å². The maximum Gasteiger partial charge on any atom is 0.0564 e. The Balaban J connectivity index is 2.15. The molecule has 1 rings (SSSR count). The standard InChI is InChI=1S/C14H25BrN2S/c1-2-3-4-5-6-7-8-9-13(17-16)14-12(15)10-11-18-14/h10-11,13,17H,2-9,16H2,1H3. The van der Waals surface area contributed by atoms with Crippen molar-refractivity contribution in [3.05, 3.63) is 20.8 Å². The van der Waals surface area contributed by atoms with E-state index in [9.17, 15) is 0 Å². The van der Waals surface area contributed by atoms with Gasteiger partial charge in [-0.1, -0.05) is 51.9 Å². The first kappa shape index (κ1) is 16.2. The van der Waals surface area contributed by atoms with Gasteiger partial charge in [-0.25, -0.2) is 0 Å². The fourth-order valence-electron chi connectivity index (χ4n) is 2.15. The summed E-state index contributed by atoms with van der Waals surface area (Å²) in [6, 6.07) is 2.39. The van der Waals surface area contributed by atoms with E-state index in [1.54, 1.807) is 11.3 Å². The largest absolute Gasteiger partial charge is 0.271 e. The van der Waals surface area contributed by atoms with Crippen molar-refractivity contribution in [1.29, 1.82) is 0 Å².